The first-order valence-electron chi connectivity index (χ1n) is 5.75. The predicted octanol–water partition coefficient (Wildman–Crippen LogP) is 1.44. The third kappa shape index (κ3) is 3.41. The number of aromatic nitrogens is 1. The summed E-state index contributed by atoms with van der Waals surface area (Å²) in [6.45, 7) is -0.311. The molecular weight excluding hydrogens is 300 g/mol. The number of thiazole rings is 1. The van der Waals surface area contributed by atoms with Gasteiger partial charge in [-0.1, -0.05) is 6.07 Å². The SMILES string of the molecule is O=C(N[C@@H](CCO)C(=O)O)c1csc(-c2cccs2)n1. The number of carbonyl (C=O) groups is 2. The van der Waals surface area contributed by atoms with E-state index < -0.39 is 17.9 Å². The highest BCUT2D eigenvalue weighted by molar-refractivity contribution is 7.20. The molecule has 2 rings (SSSR count). The summed E-state index contributed by atoms with van der Waals surface area (Å²) in [5.41, 5.74) is 0.183. The van der Waals surface area contributed by atoms with E-state index in [1.54, 1.807) is 5.38 Å². The summed E-state index contributed by atoms with van der Waals surface area (Å²) in [7, 11) is 0. The molecule has 3 N–H and O–H groups in total. The van der Waals surface area contributed by atoms with Crippen molar-refractivity contribution >= 4 is 34.6 Å². The Bertz CT molecular complexity index is 594. The summed E-state index contributed by atoms with van der Waals surface area (Å²) in [4.78, 5) is 28.0. The number of aliphatic carboxylic acids is 1. The maximum atomic E-state index is 11.9. The normalized spacial score (nSPS) is 12.1. The Morgan fingerprint density at radius 3 is 2.80 bits per heavy atom. The van der Waals surface area contributed by atoms with Gasteiger partial charge in [0.1, 0.15) is 16.7 Å². The Morgan fingerprint density at radius 2 is 2.20 bits per heavy atom. The lowest BCUT2D eigenvalue weighted by atomic mass is 10.2. The van der Waals surface area contributed by atoms with Gasteiger partial charge in [0.25, 0.3) is 5.91 Å². The van der Waals surface area contributed by atoms with E-state index >= 15 is 0 Å². The van der Waals surface area contributed by atoms with E-state index in [0.717, 1.165) is 9.88 Å². The fourth-order valence-electron chi connectivity index (χ4n) is 1.51. The average Bonchev–Trinajstić information content (AvgIpc) is 3.08. The van der Waals surface area contributed by atoms with Crippen molar-refractivity contribution in [2.75, 3.05) is 6.61 Å². The van der Waals surface area contributed by atoms with Crippen molar-refractivity contribution in [3.8, 4) is 9.88 Å². The maximum absolute atomic E-state index is 11.9. The molecule has 2 heterocycles. The van der Waals surface area contributed by atoms with E-state index in [1.807, 2.05) is 17.5 Å². The molecule has 1 amide bonds. The number of aliphatic hydroxyl groups is 1. The zero-order chi connectivity index (χ0) is 14.5. The molecule has 8 heteroatoms. The third-order valence-corrected chi connectivity index (χ3v) is 4.37. The molecule has 106 valence electrons. The van der Waals surface area contributed by atoms with Gasteiger partial charge in [0.15, 0.2) is 0 Å². The number of aliphatic hydroxyl groups excluding tert-OH is 1. The maximum Gasteiger partial charge on any atom is 0.326 e. The van der Waals surface area contributed by atoms with E-state index in [-0.39, 0.29) is 18.7 Å². The average molecular weight is 312 g/mol. The Labute approximate surface area is 122 Å². The molecule has 0 spiro atoms. The van der Waals surface area contributed by atoms with Gasteiger partial charge < -0.3 is 15.5 Å². The summed E-state index contributed by atoms with van der Waals surface area (Å²) in [5.74, 6) is -1.73. The van der Waals surface area contributed by atoms with Gasteiger partial charge >= 0.3 is 5.97 Å². The molecule has 2 aromatic heterocycles. The second-order valence-corrected chi connectivity index (χ2v) is 5.70. The molecule has 0 saturated heterocycles. The number of nitrogens with one attached hydrogen (secondary N) is 1. The van der Waals surface area contributed by atoms with Crippen LogP contribution in [0.25, 0.3) is 9.88 Å². The monoisotopic (exact) mass is 312 g/mol. The van der Waals surface area contributed by atoms with E-state index in [0.29, 0.717) is 0 Å². The second-order valence-electron chi connectivity index (χ2n) is 3.89. The van der Waals surface area contributed by atoms with E-state index in [4.69, 9.17) is 10.2 Å². The number of hydrogen-bond donors (Lipinski definition) is 3. The quantitative estimate of drug-likeness (QED) is 0.749. The van der Waals surface area contributed by atoms with Crippen molar-refractivity contribution in [3.63, 3.8) is 0 Å². The fraction of sp³-hybridized carbons (Fsp3) is 0.250. The van der Waals surface area contributed by atoms with Crippen molar-refractivity contribution in [2.24, 2.45) is 0 Å². The fourth-order valence-corrected chi connectivity index (χ4v) is 3.12. The van der Waals surface area contributed by atoms with Crippen molar-refractivity contribution in [3.05, 3.63) is 28.6 Å². The van der Waals surface area contributed by atoms with Crippen LogP contribution in [0, 0.1) is 0 Å². The van der Waals surface area contributed by atoms with Crippen LogP contribution in [0.1, 0.15) is 16.9 Å². The summed E-state index contributed by atoms with van der Waals surface area (Å²) in [6, 6.07) is 2.68. The van der Waals surface area contributed by atoms with Crippen LogP contribution in [-0.2, 0) is 4.79 Å². The molecule has 20 heavy (non-hydrogen) atoms. The van der Waals surface area contributed by atoms with Crippen LogP contribution < -0.4 is 5.32 Å². The first-order chi connectivity index (χ1) is 9.61. The van der Waals surface area contributed by atoms with Gasteiger partial charge in [-0.15, -0.1) is 22.7 Å². The lowest BCUT2D eigenvalue weighted by molar-refractivity contribution is -0.139. The van der Waals surface area contributed by atoms with E-state index in [9.17, 15) is 9.59 Å². The van der Waals surface area contributed by atoms with Crippen LogP contribution in [-0.4, -0.2) is 39.7 Å². The van der Waals surface area contributed by atoms with Crippen LogP contribution >= 0.6 is 22.7 Å². The highest BCUT2D eigenvalue weighted by atomic mass is 32.1. The van der Waals surface area contributed by atoms with Gasteiger partial charge in [0.2, 0.25) is 0 Å². The van der Waals surface area contributed by atoms with Crippen molar-refractivity contribution in [1.82, 2.24) is 10.3 Å². The van der Waals surface area contributed by atoms with Crippen LogP contribution in [0.3, 0.4) is 0 Å². The summed E-state index contributed by atoms with van der Waals surface area (Å²) in [6.07, 6.45) is -0.0387. The van der Waals surface area contributed by atoms with Crippen molar-refractivity contribution < 1.29 is 19.8 Å². The number of thiophene rings is 1. The molecule has 0 aliphatic heterocycles. The van der Waals surface area contributed by atoms with E-state index in [1.165, 1.54) is 22.7 Å². The van der Waals surface area contributed by atoms with Crippen LogP contribution in [0.2, 0.25) is 0 Å². The number of nitrogens with zero attached hydrogens (tertiary/aromatic N) is 1. The van der Waals surface area contributed by atoms with Gasteiger partial charge in [-0.2, -0.15) is 0 Å². The number of carboxylic acids is 1. The largest absolute Gasteiger partial charge is 0.480 e. The smallest absolute Gasteiger partial charge is 0.326 e. The van der Waals surface area contributed by atoms with Gasteiger partial charge in [0, 0.05) is 18.4 Å². The molecular formula is C12H12N2O4S2. The molecule has 0 radical (unpaired) electrons. The van der Waals surface area contributed by atoms with Crippen LogP contribution in [0.15, 0.2) is 22.9 Å². The first-order valence-corrected chi connectivity index (χ1v) is 7.51. The highest BCUT2D eigenvalue weighted by Gasteiger charge is 2.21. The topological polar surface area (TPSA) is 99.5 Å². The molecule has 0 aliphatic rings. The molecule has 0 fully saturated rings. The Morgan fingerprint density at radius 1 is 1.40 bits per heavy atom. The minimum Gasteiger partial charge on any atom is -0.480 e. The minimum atomic E-state index is -1.18. The Hall–Kier alpha value is -1.77. The number of carboxylic acid groups (broad SMARTS) is 1. The third-order valence-electron chi connectivity index (χ3n) is 2.49. The number of rotatable bonds is 6. The number of amides is 1. The molecule has 2 aromatic rings. The van der Waals surface area contributed by atoms with Crippen molar-refractivity contribution in [1.29, 1.82) is 0 Å². The molecule has 6 nitrogen and oxygen atoms in total. The van der Waals surface area contributed by atoms with Gasteiger partial charge in [-0.3, -0.25) is 4.79 Å². The minimum absolute atomic E-state index is 0.0387. The number of carbonyl (C=O) groups excluding carboxylic acids is 1. The highest BCUT2D eigenvalue weighted by Crippen LogP contribution is 2.27. The molecule has 0 aromatic carbocycles. The summed E-state index contributed by atoms with van der Waals surface area (Å²) < 4.78 is 0. The lowest BCUT2D eigenvalue weighted by Crippen LogP contribution is -2.41. The molecule has 0 saturated carbocycles. The van der Waals surface area contributed by atoms with Gasteiger partial charge in [0.05, 0.1) is 4.88 Å². The molecule has 0 aliphatic carbocycles. The van der Waals surface area contributed by atoms with Crippen LogP contribution in [0.5, 0.6) is 0 Å². The van der Waals surface area contributed by atoms with E-state index in [2.05, 4.69) is 10.3 Å². The summed E-state index contributed by atoms with van der Waals surface area (Å²) in [5, 5.41) is 24.2. The molecule has 0 unspecified atom stereocenters. The zero-order valence-corrected chi connectivity index (χ0v) is 11.9. The van der Waals surface area contributed by atoms with Crippen molar-refractivity contribution in [2.45, 2.75) is 12.5 Å². The summed E-state index contributed by atoms with van der Waals surface area (Å²) >= 11 is 2.84. The Balaban J connectivity index is 2.08. The molecule has 1 atom stereocenters. The second kappa shape index (κ2) is 6.60. The predicted molar refractivity (Wildman–Crippen MR) is 76.0 cm³/mol. The molecule has 0 bridgehead atoms. The zero-order valence-electron chi connectivity index (χ0n) is 10.3. The lowest BCUT2D eigenvalue weighted by Gasteiger charge is -2.11. The van der Waals surface area contributed by atoms with Gasteiger partial charge in [-0.05, 0) is 11.4 Å². The number of hydrogen-bond acceptors (Lipinski definition) is 6. The van der Waals surface area contributed by atoms with Crippen LogP contribution in [0.4, 0.5) is 0 Å². The first kappa shape index (κ1) is 14.6. The Kier molecular flexibility index (Phi) is 4.83. The van der Waals surface area contributed by atoms with Gasteiger partial charge in [-0.25, -0.2) is 9.78 Å². The standard InChI is InChI=1S/C12H12N2O4S2/c15-4-3-7(12(17)18)13-10(16)8-6-20-11(14-8)9-2-1-5-19-9/h1-2,5-7,15H,3-4H2,(H,13,16)(H,17,18)/t7-/m0/s1.